The Kier molecular flexibility index (Phi) is 6.79. The molecule has 1 aliphatic rings. The second kappa shape index (κ2) is 9.92. The van der Waals surface area contributed by atoms with Gasteiger partial charge >= 0.3 is 11.9 Å². The van der Waals surface area contributed by atoms with Crippen LogP contribution in [0.3, 0.4) is 0 Å². The molecule has 0 aromatic heterocycles. The first-order valence-corrected chi connectivity index (χ1v) is 11.2. The van der Waals surface area contributed by atoms with Crippen LogP contribution in [0.4, 0.5) is 11.4 Å². The molecule has 0 radical (unpaired) electrons. The van der Waals surface area contributed by atoms with Crippen molar-refractivity contribution in [2.24, 2.45) is 0 Å². The molecule has 0 saturated carbocycles. The number of rotatable bonds is 5. The van der Waals surface area contributed by atoms with Crippen LogP contribution in [0.5, 0.6) is 0 Å². The predicted molar refractivity (Wildman–Crippen MR) is 131 cm³/mol. The molecule has 1 heterocycles. The Morgan fingerprint density at radius 2 is 1.33 bits per heavy atom. The van der Waals surface area contributed by atoms with Gasteiger partial charge < -0.3 is 19.3 Å². The molecule has 1 aliphatic heterocycles. The van der Waals surface area contributed by atoms with Gasteiger partial charge in [-0.25, -0.2) is 9.59 Å². The summed E-state index contributed by atoms with van der Waals surface area (Å²) in [6.07, 6.45) is -0.426. The van der Waals surface area contributed by atoms with E-state index in [1.54, 1.807) is 0 Å². The minimum Gasteiger partial charge on any atom is -0.466 e. The quantitative estimate of drug-likeness (QED) is 0.450. The van der Waals surface area contributed by atoms with Gasteiger partial charge in [-0.05, 0) is 42.0 Å². The van der Waals surface area contributed by atoms with Crippen LogP contribution < -0.4 is 9.80 Å². The number of nitrogens with zero attached hydrogens (tertiary/aromatic N) is 2. The summed E-state index contributed by atoms with van der Waals surface area (Å²) in [5.41, 5.74) is 2.97. The zero-order valence-electron chi connectivity index (χ0n) is 18.3. The molecule has 33 heavy (non-hydrogen) atoms. The topological polar surface area (TPSA) is 59.1 Å². The summed E-state index contributed by atoms with van der Waals surface area (Å²) in [5.74, 6) is -1.18. The molecule has 168 valence electrons. The van der Waals surface area contributed by atoms with Gasteiger partial charge in [0.05, 0.1) is 26.3 Å². The molecule has 0 aliphatic carbocycles. The van der Waals surface area contributed by atoms with Crippen molar-refractivity contribution < 1.29 is 19.1 Å². The van der Waals surface area contributed by atoms with Crippen LogP contribution in [0.2, 0.25) is 0 Å². The smallest absolute Gasteiger partial charge is 0.355 e. The van der Waals surface area contributed by atoms with E-state index in [0.717, 1.165) is 21.4 Å². The van der Waals surface area contributed by atoms with Crippen LogP contribution in [-0.2, 0) is 19.1 Å². The predicted octanol–water partition coefficient (Wildman–Crippen LogP) is 5.07. The summed E-state index contributed by atoms with van der Waals surface area (Å²) in [6, 6.07) is 27.2. The number of methoxy groups -OCH3 is 2. The van der Waals surface area contributed by atoms with Gasteiger partial charge in [0.15, 0.2) is 0 Å². The van der Waals surface area contributed by atoms with Gasteiger partial charge in [0.1, 0.15) is 11.9 Å². The van der Waals surface area contributed by atoms with Gasteiger partial charge in [0, 0.05) is 15.8 Å². The van der Waals surface area contributed by atoms with E-state index in [1.807, 2.05) is 89.8 Å². The number of hydrogen-bond acceptors (Lipinski definition) is 6. The second-order valence-electron chi connectivity index (χ2n) is 7.40. The third kappa shape index (κ3) is 4.50. The number of benzene rings is 3. The molecule has 0 amide bonds. The minimum atomic E-state index is -0.603. The Labute approximate surface area is 201 Å². The standard InChI is InChI=1S/C26H23BrN2O4/c1-32-25(30)22-17-28(20-9-5-3-6-10-20)24(18-13-15-19(27)16-14-18)29(23(22)26(31)33-2)21-11-7-4-8-12-21/h3-16,24H,17H2,1-2H3/t24-/m0/s1. The fourth-order valence-electron chi connectivity index (χ4n) is 4.02. The summed E-state index contributed by atoms with van der Waals surface area (Å²) in [5, 5.41) is 0. The van der Waals surface area contributed by atoms with Crippen molar-refractivity contribution in [3.63, 3.8) is 0 Å². The van der Waals surface area contributed by atoms with Crippen molar-refractivity contribution in [1.29, 1.82) is 0 Å². The highest BCUT2D eigenvalue weighted by atomic mass is 79.9. The third-order valence-electron chi connectivity index (χ3n) is 5.50. The first-order chi connectivity index (χ1) is 16.0. The summed E-state index contributed by atoms with van der Waals surface area (Å²) >= 11 is 3.50. The molecule has 0 bridgehead atoms. The largest absolute Gasteiger partial charge is 0.466 e. The fraction of sp³-hybridized carbons (Fsp3) is 0.154. The highest BCUT2D eigenvalue weighted by Gasteiger charge is 2.42. The first kappa shape index (κ1) is 22.6. The molecular formula is C26H23BrN2O4. The minimum absolute atomic E-state index is 0.163. The summed E-state index contributed by atoms with van der Waals surface area (Å²) in [6.45, 7) is 0.172. The molecule has 0 spiro atoms. The van der Waals surface area contributed by atoms with E-state index in [9.17, 15) is 9.59 Å². The molecule has 7 heteroatoms. The van der Waals surface area contributed by atoms with Gasteiger partial charge in [-0.15, -0.1) is 0 Å². The molecule has 0 N–H and O–H groups in total. The Hall–Kier alpha value is -3.58. The molecule has 6 nitrogen and oxygen atoms in total. The summed E-state index contributed by atoms with van der Waals surface area (Å²) in [4.78, 5) is 29.9. The van der Waals surface area contributed by atoms with Gasteiger partial charge in [-0.2, -0.15) is 0 Å². The summed E-state index contributed by atoms with van der Waals surface area (Å²) < 4.78 is 11.2. The van der Waals surface area contributed by atoms with Crippen LogP contribution in [-0.4, -0.2) is 32.7 Å². The normalized spacial score (nSPS) is 15.9. The lowest BCUT2D eigenvalue weighted by Crippen LogP contribution is -2.50. The average molecular weight is 507 g/mol. The Bertz CT molecular complexity index is 1160. The third-order valence-corrected chi connectivity index (χ3v) is 6.02. The maximum atomic E-state index is 13.1. The molecule has 1 atom stereocenters. The van der Waals surface area contributed by atoms with E-state index in [-0.39, 0.29) is 17.8 Å². The number of para-hydroxylation sites is 2. The molecular weight excluding hydrogens is 484 g/mol. The highest BCUT2D eigenvalue weighted by Crippen LogP contribution is 2.42. The Morgan fingerprint density at radius 1 is 0.788 bits per heavy atom. The number of halogens is 1. The van der Waals surface area contributed by atoms with Crippen LogP contribution in [0, 0.1) is 0 Å². The van der Waals surface area contributed by atoms with E-state index >= 15 is 0 Å². The molecule has 0 fully saturated rings. The fourth-order valence-corrected chi connectivity index (χ4v) is 4.28. The van der Waals surface area contributed by atoms with Gasteiger partial charge in [-0.1, -0.05) is 64.5 Å². The molecule has 3 aromatic carbocycles. The van der Waals surface area contributed by atoms with Gasteiger partial charge in [0.2, 0.25) is 0 Å². The zero-order chi connectivity index (χ0) is 23.4. The van der Waals surface area contributed by atoms with E-state index in [4.69, 9.17) is 9.47 Å². The molecule has 0 unspecified atom stereocenters. The van der Waals surface area contributed by atoms with Crippen molar-refractivity contribution >= 4 is 39.2 Å². The number of ether oxygens (including phenoxy) is 2. The first-order valence-electron chi connectivity index (χ1n) is 10.4. The van der Waals surface area contributed by atoms with Crippen LogP contribution in [0.25, 0.3) is 0 Å². The van der Waals surface area contributed by atoms with E-state index in [2.05, 4.69) is 20.8 Å². The number of esters is 2. The highest BCUT2D eigenvalue weighted by molar-refractivity contribution is 9.10. The lowest BCUT2D eigenvalue weighted by atomic mass is 9.99. The van der Waals surface area contributed by atoms with Crippen molar-refractivity contribution in [1.82, 2.24) is 0 Å². The number of hydrogen-bond donors (Lipinski definition) is 0. The second-order valence-corrected chi connectivity index (χ2v) is 8.32. The van der Waals surface area contributed by atoms with E-state index in [1.165, 1.54) is 14.2 Å². The molecule has 3 aromatic rings. The average Bonchev–Trinajstić information content (AvgIpc) is 2.88. The zero-order valence-corrected chi connectivity index (χ0v) is 19.9. The molecule has 0 saturated heterocycles. The Morgan fingerprint density at radius 3 is 1.88 bits per heavy atom. The number of carbonyl (C=O) groups excluding carboxylic acids is 2. The SMILES string of the molecule is COC(=O)C1=C(C(=O)OC)N(c2ccccc2)[C@@H](c2ccc(Br)cc2)N(c2ccccc2)C1. The van der Waals surface area contributed by atoms with Crippen LogP contribution in [0.1, 0.15) is 11.7 Å². The number of carbonyl (C=O) groups is 2. The van der Waals surface area contributed by atoms with Crippen molar-refractivity contribution in [2.45, 2.75) is 6.17 Å². The number of anilines is 2. The van der Waals surface area contributed by atoms with Crippen molar-refractivity contribution in [3.8, 4) is 0 Å². The maximum absolute atomic E-state index is 13.1. The van der Waals surface area contributed by atoms with Crippen molar-refractivity contribution in [2.75, 3.05) is 30.6 Å². The van der Waals surface area contributed by atoms with Crippen molar-refractivity contribution in [3.05, 3.63) is 106 Å². The Balaban J connectivity index is 2.03. The van der Waals surface area contributed by atoms with Gasteiger partial charge in [-0.3, -0.25) is 0 Å². The molecule has 4 rings (SSSR count). The monoisotopic (exact) mass is 506 g/mol. The van der Waals surface area contributed by atoms with Gasteiger partial charge in [0.25, 0.3) is 0 Å². The maximum Gasteiger partial charge on any atom is 0.355 e. The van der Waals surface area contributed by atoms with E-state index in [0.29, 0.717) is 0 Å². The van der Waals surface area contributed by atoms with Crippen LogP contribution in [0.15, 0.2) is 101 Å². The lowest BCUT2D eigenvalue weighted by Gasteiger charge is -2.47. The summed E-state index contributed by atoms with van der Waals surface area (Å²) in [7, 11) is 2.62. The van der Waals surface area contributed by atoms with Crippen LogP contribution >= 0.6 is 15.9 Å². The lowest BCUT2D eigenvalue weighted by molar-refractivity contribution is -0.139. The van der Waals surface area contributed by atoms with E-state index < -0.39 is 18.1 Å².